The van der Waals surface area contributed by atoms with Gasteiger partial charge in [0.05, 0.1) is 12.6 Å². The lowest BCUT2D eigenvalue weighted by Gasteiger charge is -2.27. The van der Waals surface area contributed by atoms with Crippen LogP contribution < -0.4 is 5.32 Å². The number of nitrogens with one attached hydrogen (secondary N) is 1. The number of aliphatic hydroxyl groups excluding tert-OH is 1. The molecule has 2 aliphatic heterocycles. The zero-order chi connectivity index (χ0) is 17.1. The molecule has 7 heteroatoms. The molecule has 5 nitrogen and oxygen atoms in total. The predicted octanol–water partition coefficient (Wildman–Crippen LogP) is 1.37. The highest BCUT2D eigenvalue weighted by molar-refractivity contribution is 5.78. The standard InChI is InChI=1S/C17H22F2N2O3/c18-11-1-2-15(19)14(7-11)16-8-13(22)9-21(16)10-17(23)20-12-3-5-24-6-4-12/h1-2,7,12-13,16,22H,3-6,8-10H2,(H,20,23)/t13-,16-/m0/s1. The molecule has 1 aromatic rings. The molecule has 0 bridgehead atoms. The van der Waals surface area contributed by atoms with E-state index in [0.29, 0.717) is 13.2 Å². The van der Waals surface area contributed by atoms with Crippen LogP contribution in [0.15, 0.2) is 18.2 Å². The van der Waals surface area contributed by atoms with Crippen molar-refractivity contribution in [2.75, 3.05) is 26.3 Å². The van der Waals surface area contributed by atoms with Gasteiger partial charge < -0.3 is 15.2 Å². The molecule has 0 unspecified atom stereocenters. The molecule has 0 aliphatic carbocycles. The Balaban J connectivity index is 1.66. The number of hydrogen-bond donors (Lipinski definition) is 2. The van der Waals surface area contributed by atoms with Gasteiger partial charge in [0.1, 0.15) is 11.6 Å². The van der Waals surface area contributed by atoms with Gasteiger partial charge in [0.15, 0.2) is 0 Å². The van der Waals surface area contributed by atoms with Crippen LogP contribution in [0.1, 0.15) is 30.9 Å². The second-order valence-electron chi connectivity index (χ2n) is 6.45. The first-order valence-electron chi connectivity index (χ1n) is 8.27. The molecule has 2 atom stereocenters. The van der Waals surface area contributed by atoms with E-state index in [-0.39, 0.29) is 37.0 Å². The van der Waals surface area contributed by atoms with Crippen LogP contribution in [-0.4, -0.2) is 54.4 Å². The Labute approximate surface area is 139 Å². The first-order valence-corrected chi connectivity index (χ1v) is 8.27. The van der Waals surface area contributed by atoms with E-state index in [2.05, 4.69) is 5.32 Å². The maximum Gasteiger partial charge on any atom is 0.234 e. The summed E-state index contributed by atoms with van der Waals surface area (Å²) in [6, 6.07) is 2.86. The minimum atomic E-state index is -0.659. The van der Waals surface area contributed by atoms with Crippen LogP contribution in [0.4, 0.5) is 8.78 Å². The van der Waals surface area contributed by atoms with Crippen molar-refractivity contribution in [2.24, 2.45) is 0 Å². The number of hydrogen-bond acceptors (Lipinski definition) is 4. The molecule has 1 aromatic carbocycles. The van der Waals surface area contributed by atoms with Crippen LogP contribution in [0.3, 0.4) is 0 Å². The number of nitrogens with zero attached hydrogens (tertiary/aromatic N) is 1. The number of likely N-dealkylation sites (tertiary alicyclic amines) is 1. The number of ether oxygens (including phenoxy) is 1. The highest BCUT2D eigenvalue weighted by Gasteiger charge is 2.35. The van der Waals surface area contributed by atoms with Gasteiger partial charge in [0.2, 0.25) is 5.91 Å². The van der Waals surface area contributed by atoms with Crippen molar-refractivity contribution >= 4 is 5.91 Å². The monoisotopic (exact) mass is 340 g/mol. The van der Waals surface area contributed by atoms with E-state index in [0.717, 1.165) is 31.0 Å². The molecule has 2 fully saturated rings. The summed E-state index contributed by atoms with van der Waals surface area (Å²) in [5, 5.41) is 12.9. The van der Waals surface area contributed by atoms with E-state index in [9.17, 15) is 18.7 Å². The van der Waals surface area contributed by atoms with Crippen LogP contribution in [0.25, 0.3) is 0 Å². The Hall–Kier alpha value is -1.57. The summed E-state index contributed by atoms with van der Waals surface area (Å²) in [6.07, 6.45) is 1.17. The molecule has 132 valence electrons. The van der Waals surface area contributed by atoms with E-state index in [1.807, 2.05) is 0 Å². The molecule has 0 spiro atoms. The number of halogens is 2. The van der Waals surface area contributed by atoms with Gasteiger partial charge in [-0.25, -0.2) is 8.78 Å². The van der Waals surface area contributed by atoms with Crippen LogP contribution in [0.2, 0.25) is 0 Å². The van der Waals surface area contributed by atoms with Gasteiger partial charge in [-0.15, -0.1) is 0 Å². The van der Waals surface area contributed by atoms with Gasteiger partial charge in [-0.05, 0) is 37.5 Å². The third-order valence-electron chi connectivity index (χ3n) is 4.63. The van der Waals surface area contributed by atoms with Crippen LogP contribution in [0, 0.1) is 11.6 Å². The number of benzene rings is 1. The van der Waals surface area contributed by atoms with E-state index in [4.69, 9.17) is 4.74 Å². The first kappa shape index (κ1) is 17.3. The third kappa shape index (κ3) is 4.09. The van der Waals surface area contributed by atoms with Gasteiger partial charge in [-0.2, -0.15) is 0 Å². The van der Waals surface area contributed by atoms with E-state index >= 15 is 0 Å². The third-order valence-corrected chi connectivity index (χ3v) is 4.63. The number of carbonyl (C=O) groups excluding carboxylic acids is 1. The Morgan fingerprint density at radius 1 is 1.33 bits per heavy atom. The summed E-state index contributed by atoms with van der Waals surface area (Å²) in [7, 11) is 0. The number of carbonyl (C=O) groups is 1. The summed E-state index contributed by atoms with van der Waals surface area (Å²) < 4.78 is 32.8. The lowest BCUT2D eigenvalue weighted by atomic mass is 10.0. The fourth-order valence-corrected chi connectivity index (χ4v) is 3.45. The van der Waals surface area contributed by atoms with Crippen molar-refractivity contribution in [1.82, 2.24) is 10.2 Å². The predicted molar refractivity (Wildman–Crippen MR) is 83.3 cm³/mol. The van der Waals surface area contributed by atoms with Crippen LogP contribution in [0.5, 0.6) is 0 Å². The molecule has 0 aromatic heterocycles. The van der Waals surface area contributed by atoms with E-state index in [1.165, 1.54) is 0 Å². The van der Waals surface area contributed by atoms with Crippen molar-refractivity contribution in [3.63, 3.8) is 0 Å². The largest absolute Gasteiger partial charge is 0.392 e. The van der Waals surface area contributed by atoms with E-state index in [1.54, 1.807) is 4.90 Å². The summed E-state index contributed by atoms with van der Waals surface area (Å²) >= 11 is 0. The first-order chi connectivity index (χ1) is 11.5. The second kappa shape index (κ2) is 7.55. The van der Waals surface area contributed by atoms with Crippen molar-refractivity contribution in [3.8, 4) is 0 Å². The molecule has 2 heterocycles. The molecule has 3 rings (SSSR count). The normalized spacial score (nSPS) is 25.8. The smallest absolute Gasteiger partial charge is 0.234 e. The molecule has 0 radical (unpaired) electrons. The van der Waals surface area contributed by atoms with Gasteiger partial charge in [0.25, 0.3) is 0 Å². The highest BCUT2D eigenvalue weighted by Crippen LogP contribution is 2.33. The molecule has 2 saturated heterocycles. The van der Waals surface area contributed by atoms with Crippen molar-refractivity contribution in [2.45, 2.75) is 37.5 Å². The SMILES string of the molecule is O=C(CN1C[C@@H](O)C[C@H]1c1cc(F)ccc1F)NC1CCOCC1. The molecule has 2 aliphatic rings. The molecule has 0 saturated carbocycles. The average molecular weight is 340 g/mol. The fourth-order valence-electron chi connectivity index (χ4n) is 3.45. The number of aliphatic hydroxyl groups is 1. The van der Waals surface area contributed by atoms with Gasteiger partial charge >= 0.3 is 0 Å². The maximum atomic E-state index is 14.0. The second-order valence-corrected chi connectivity index (χ2v) is 6.45. The minimum Gasteiger partial charge on any atom is -0.392 e. The Bertz CT molecular complexity index is 593. The average Bonchev–Trinajstić information content (AvgIpc) is 2.90. The minimum absolute atomic E-state index is 0.0506. The van der Waals surface area contributed by atoms with Crippen molar-refractivity contribution in [3.05, 3.63) is 35.4 Å². The van der Waals surface area contributed by atoms with Gasteiger partial charge in [0, 0.05) is 37.4 Å². The summed E-state index contributed by atoms with van der Waals surface area (Å²) in [6.45, 7) is 1.58. The summed E-state index contributed by atoms with van der Waals surface area (Å²) in [4.78, 5) is 14.0. The highest BCUT2D eigenvalue weighted by atomic mass is 19.1. The van der Waals surface area contributed by atoms with Gasteiger partial charge in [-0.3, -0.25) is 9.69 Å². The lowest BCUT2D eigenvalue weighted by Crippen LogP contribution is -2.44. The molecule has 24 heavy (non-hydrogen) atoms. The Morgan fingerprint density at radius 3 is 2.83 bits per heavy atom. The molecule has 1 amide bonds. The lowest BCUT2D eigenvalue weighted by molar-refractivity contribution is -0.123. The zero-order valence-electron chi connectivity index (χ0n) is 13.4. The molecular formula is C17H22F2N2O3. The van der Waals surface area contributed by atoms with Crippen LogP contribution in [-0.2, 0) is 9.53 Å². The van der Waals surface area contributed by atoms with Crippen molar-refractivity contribution < 1.29 is 23.4 Å². The Kier molecular flexibility index (Phi) is 5.43. The van der Waals surface area contributed by atoms with E-state index < -0.39 is 23.8 Å². The summed E-state index contributed by atoms with van der Waals surface area (Å²) in [5.74, 6) is -1.22. The number of amides is 1. The number of rotatable bonds is 4. The zero-order valence-corrected chi connectivity index (χ0v) is 13.4. The molecule has 2 N–H and O–H groups in total. The fraction of sp³-hybridized carbons (Fsp3) is 0.588. The topological polar surface area (TPSA) is 61.8 Å². The quantitative estimate of drug-likeness (QED) is 0.869. The van der Waals surface area contributed by atoms with Crippen molar-refractivity contribution in [1.29, 1.82) is 0 Å². The number of β-amino-alcohol motifs (C(OH)–C–C–N with tert-alkyl or cyclic N) is 1. The molecular weight excluding hydrogens is 318 g/mol. The Morgan fingerprint density at radius 2 is 2.08 bits per heavy atom. The van der Waals surface area contributed by atoms with Gasteiger partial charge in [-0.1, -0.05) is 0 Å². The summed E-state index contributed by atoms with van der Waals surface area (Å²) in [5.41, 5.74) is 0.186. The maximum absolute atomic E-state index is 14.0. The van der Waals surface area contributed by atoms with Crippen LogP contribution >= 0.6 is 0 Å².